The number of ketones is 1. The zero-order valence-electron chi connectivity index (χ0n) is 13.5. The number of hydrogen-bond donors (Lipinski definition) is 0. The van der Waals surface area contributed by atoms with Gasteiger partial charge in [-0.15, -0.1) is 0 Å². The summed E-state index contributed by atoms with van der Waals surface area (Å²) in [6, 6.07) is 5.26. The highest BCUT2D eigenvalue weighted by Gasteiger charge is 2.21. The molecule has 0 N–H and O–H groups in total. The van der Waals surface area contributed by atoms with E-state index in [0.717, 1.165) is 17.7 Å². The number of nitrogens with zero attached hydrogens (tertiary/aromatic N) is 3. The molecule has 0 spiro atoms. The van der Waals surface area contributed by atoms with Gasteiger partial charge in [-0.3, -0.25) is 14.2 Å². The largest absolute Gasteiger partial charge is 0.293 e. The molecule has 0 saturated heterocycles. The number of carbonyl (C=O) groups is 1. The Kier molecular flexibility index (Phi) is 4.88. The van der Waals surface area contributed by atoms with E-state index in [9.17, 15) is 4.79 Å². The molecule has 0 radical (unpaired) electrons. The molecular weight excluding hydrogens is 345 g/mol. The average molecular weight is 362 g/mol. The van der Waals surface area contributed by atoms with Crippen molar-refractivity contribution in [3.05, 3.63) is 52.0 Å². The highest BCUT2D eigenvalue weighted by Crippen LogP contribution is 2.32. The van der Waals surface area contributed by atoms with Crippen molar-refractivity contribution in [2.75, 3.05) is 0 Å². The van der Waals surface area contributed by atoms with Crippen LogP contribution in [0, 0.1) is 0 Å². The smallest absolute Gasteiger partial charge is 0.181 e. The summed E-state index contributed by atoms with van der Waals surface area (Å²) in [7, 11) is 0. The van der Waals surface area contributed by atoms with Crippen LogP contribution in [0.25, 0.3) is 16.9 Å². The minimum Gasteiger partial charge on any atom is -0.293 e. The quantitative estimate of drug-likeness (QED) is 0.583. The van der Waals surface area contributed by atoms with Gasteiger partial charge in [0.05, 0.1) is 10.7 Å². The van der Waals surface area contributed by atoms with E-state index in [4.69, 9.17) is 23.2 Å². The van der Waals surface area contributed by atoms with Crippen molar-refractivity contribution in [3.8, 4) is 11.3 Å². The Balaban J connectivity index is 2.26. The van der Waals surface area contributed by atoms with E-state index in [1.807, 2.05) is 24.3 Å². The molecule has 0 bridgehead atoms. The van der Waals surface area contributed by atoms with Crippen LogP contribution in [-0.4, -0.2) is 20.2 Å². The summed E-state index contributed by atoms with van der Waals surface area (Å²) in [6.45, 7) is 3.99. The molecule has 0 aliphatic carbocycles. The molecule has 0 unspecified atom stereocenters. The van der Waals surface area contributed by atoms with E-state index in [2.05, 4.69) is 9.97 Å². The van der Waals surface area contributed by atoms with Crippen LogP contribution in [0.1, 0.15) is 42.9 Å². The van der Waals surface area contributed by atoms with Gasteiger partial charge in [-0.25, -0.2) is 4.98 Å². The lowest BCUT2D eigenvalue weighted by Crippen LogP contribution is -2.06. The first-order valence-corrected chi connectivity index (χ1v) is 8.67. The molecule has 1 aromatic carbocycles. The number of fused-ring (bicyclic) bond motifs is 1. The van der Waals surface area contributed by atoms with Gasteiger partial charge >= 0.3 is 0 Å². The van der Waals surface area contributed by atoms with Gasteiger partial charge in [0.15, 0.2) is 11.4 Å². The van der Waals surface area contributed by atoms with Gasteiger partial charge < -0.3 is 0 Å². The maximum absolute atomic E-state index is 12.5. The molecule has 6 heteroatoms. The first-order chi connectivity index (χ1) is 11.6. The van der Waals surface area contributed by atoms with Crippen LogP contribution in [0.5, 0.6) is 0 Å². The number of aromatic nitrogens is 3. The third-order valence-electron chi connectivity index (χ3n) is 3.88. The Labute approximate surface area is 150 Å². The van der Waals surface area contributed by atoms with Gasteiger partial charge in [0.25, 0.3) is 0 Å². The second-order valence-corrected chi connectivity index (χ2v) is 6.37. The topological polar surface area (TPSA) is 47.3 Å². The summed E-state index contributed by atoms with van der Waals surface area (Å²) in [6.07, 6.45) is 5.42. The number of carbonyl (C=O) groups excluding carboxylic acids is 1. The number of hydrogen-bond acceptors (Lipinski definition) is 3. The summed E-state index contributed by atoms with van der Waals surface area (Å²) in [5, 5.41) is 1.07. The molecule has 0 fully saturated rings. The van der Waals surface area contributed by atoms with Gasteiger partial charge in [0.1, 0.15) is 11.4 Å². The Morgan fingerprint density at radius 1 is 1.25 bits per heavy atom. The molecule has 0 aliphatic rings. The van der Waals surface area contributed by atoms with Gasteiger partial charge in [0, 0.05) is 29.4 Å². The zero-order chi connectivity index (χ0) is 17.3. The second kappa shape index (κ2) is 6.91. The van der Waals surface area contributed by atoms with Crippen LogP contribution >= 0.6 is 23.2 Å². The number of Topliss-reactive ketones (excluding diaryl/α,β-unsaturated/α-hetero) is 1. The molecule has 24 heavy (non-hydrogen) atoms. The first-order valence-electron chi connectivity index (χ1n) is 7.91. The Hall–Kier alpha value is -1.91. The van der Waals surface area contributed by atoms with Crippen LogP contribution in [-0.2, 0) is 6.42 Å². The normalized spacial score (nSPS) is 11.2. The average Bonchev–Trinajstić information content (AvgIpc) is 2.94. The molecule has 4 nitrogen and oxygen atoms in total. The predicted octanol–water partition coefficient (Wildman–Crippen LogP) is 5.25. The van der Waals surface area contributed by atoms with Crippen molar-refractivity contribution in [3.63, 3.8) is 0 Å². The minimum atomic E-state index is 0.0983. The predicted molar refractivity (Wildman–Crippen MR) is 97.1 cm³/mol. The molecule has 0 aliphatic heterocycles. The number of rotatable bonds is 5. The zero-order valence-corrected chi connectivity index (χ0v) is 15.0. The van der Waals surface area contributed by atoms with Crippen molar-refractivity contribution in [1.82, 2.24) is 14.4 Å². The van der Waals surface area contributed by atoms with Gasteiger partial charge in [-0.1, -0.05) is 37.0 Å². The SMILES string of the molecule is CCCC(=O)c1c(CC)nc2c(-c3ccc(Cl)cc3Cl)nccn12. The van der Waals surface area contributed by atoms with E-state index in [-0.39, 0.29) is 5.78 Å². The monoisotopic (exact) mass is 361 g/mol. The third-order valence-corrected chi connectivity index (χ3v) is 4.42. The standard InChI is InChI=1S/C18H17Cl2N3O/c1-3-5-15(24)17-14(4-2)22-18-16(21-8-9-23(17)18)12-7-6-11(19)10-13(12)20/h6-10H,3-5H2,1-2H3. The van der Waals surface area contributed by atoms with Crippen LogP contribution in [0.15, 0.2) is 30.6 Å². The fraction of sp³-hybridized carbons (Fsp3) is 0.278. The third kappa shape index (κ3) is 2.92. The second-order valence-electron chi connectivity index (χ2n) is 5.53. The maximum atomic E-state index is 12.5. The lowest BCUT2D eigenvalue weighted by atomic mass is 10.1. The molecule has 2 aromatic heterocycles. The summed E-state index contributed by atoms with van der Waals surface area (Å²) in [5.41, 5.74) is 3.45. The minimum absolute atomic E-state index is 0.0983. The van der Waals surface area contributed by atoms with Crippen LogP contribution in [0.4, 0.5) is 0 Å². The highest BCUT2D eigenvalue weighted by molar-refractivity contribution is 6.36. The lowest BCUT2D eigenvalue weighted by molar-refractivity contribution is 0.0975. The van der Waals surface area contributed by atoms with Crippen molar-refractivity contribution in [1.29, 1.82) is 0 Å². The van der Waals surface area contributed by atoms with E-state index in [1.54, 1.807) is 24.5 Å². The maximum Gasteiger partial charge on any atom is 0.181 e. The van der Waals surface area contributed by atoms with Crippen molar-refractivity contribution >= 4 is 34.6 Å². The number of imidazole rings is 1. The van der Waals surface area contributed by atoms with E-state index >= 15 is 0 Å². The summed E-state index contributed by atoms with van der Waals surface area (Å²) in [4.78, 5) is 21.6. The van der Waals surface area contributed by atoms with Crippen LogP contribution < -0.4 is 0 Å². The number of halogens is 2. The van der Waals surface area contributed by atoms with Gasteiger partial charge in [-0.05, 0) is 31.0 Å². The molecule has 3 rings (SSSR count). The summed E-state index contributed by atoms with van der Waals surface area (Å²) >= 11 is 12.3. The van der Waals surface area contributed by atoms with Crippen LogP contribution in [0.3, 0.4) is 0 Å². The van der Waals surface area contributed by atoms with E-state index in [0.29, 0.717) is 39.9 Å². The van der Waals surface area contributed by atoms with Crippen molar-refractivity contribution in [2.45, 2.75) is 33.1 Å². The van der Waals surface area contributed by atoms with Gasteiger partial charge in [0.2, 0.25) is 0 Å². The Morgan fingerprint density at radius 2 is 2.04 bits per heavy atom. The molecule has 124 valence electrons. The molecule has 3 aromatic rings. The fourth-order valence-corrected chi connectivity index (χ4v) is 3.28. The fourth-order valence-electron chi connectivity index (χ4n) is 2.78. The van der Waals surface area contributed by atoms with Gasteiger partial charge in [-0.2, -0.15) is 0 Å². The molecule has 0 saturated carbocycles. The van der Waals surface area contributed by atoms with Crippen LogP contribution in [0.2, 0.25) is 10.0 Å². The van der Waals surface area contributed by atoms with E-state index in [1.165, 1.54) is 0 Å². The summed E-state index contributed by atoms with van der Waals surface area (Å²) < 4.78 is 1.82. The first kappa shape index (κ1) is 16.9. The molecule has 2 heterocycles. The number of aryl methyl sites for hydroxylation is 1. The highest BCUT2D eigenvalue weighted by atomic mass is 35.5. The molecule has 0 amide bonds. The van der Waals surface area contributed by atoms with Crippen molar-refractivity contribution in [2.24, 2.45) is 0 Å². The number of benzene rings is 1. The lowest BCUT2D eigenvalue weighted by Gasteiger charge is -2.07. The Bertz CT molecular complexity index is 918. The van der Waals surface area contributed by atoms with Crippen molar-refractivity contribution < 1.29 is 4.79 Å². The Morgan fingerprint density at radius 3 is 2.71 bits per heavy atom. The molecule has 0 atom stereocenters. The summed E-state index contributed by atoms with van der Waals surface area (Å²) in [5.74, 6) is 0.0983. The molecular formula is C18H17Cl2N3O. The van der Waals surface area contributed by atoms with E-state index < -0.39 is 0 Å².